The third kappa shape index (κ3) is 4.66. The number of pyridine rings is 1. The molecular formula is C30H49NO2. The first kappa shape index (κ1) is 25.2. The van der Waals surface area contributed by atoms with Crippen LogP contribution in [0, 0.1) is 40.4 Å². The fourth-order valence-electron chi connectivity index (χ4n) is 9.12. The average molecular weight is 456 g/mol. The summed E-state index contributed by atoms with van der Waals surface area (Å²) in [6.45, 7) is 9.22. The highest BCUT2D eigenvalue weighted by molar-refractivity contribution is 5.12. The van der Waals surface area contributed by atoms with E-state index in [1.165, 1.54) is 51.4 Å². The summed E-state index contributed by atoms with van der Waals surface area (Å²) in [6.07, 6.45) is 18.1. The van der Waals surface area contributed by atoms with Gasteiger partial charge in [-0.15, -0.1) is 0 Å². The van der Waals surface area contributed by atoms with Crippen LogP contribution in [0.5, 0.6) is 0 Å². The Morgan fingerprint density at radius 2 is 1.76 bits per heavy atom. The molecule has 0 aliphatic heterocycles. The summed E-state index contributed by atoms with van der Waals surface area (Å²) in [4.78, 5) is 4.16. The largest absolute Gasteiger partial charge is 0.393 e. The van der Waals surface area contributed by atoms with Crippen LogP contribution in [0.25, 0.3) is 0 Å². The molecule has 9 atom stereocenters. The number of fused-ring (bicyclic) bond motifs is 5. The maximum Gasteiger partial charge on any atom is 0.0804 e. The summed E-state index contributed by atoms with van der Waals surface area (Å²) < 4.78 is 0. The lowest BCUT2D eigenvalue weighted by molar-refractivity contribution is -0.127. The highest BCUT2D eigenvalue weighted by atomic mass is 16.3. The van der Waals surface area contributed by atoms with Crippen molar-refractivity contribution in [3.63, 3.8) is 0 Å². The topological polar surface area (TPSA) is 53.4 Å². The summed E-state index contributed by atoms with van der Waals surface area (Å²) in [5.41, 5.74) is 1.95. The SMILES string of the molecule is CC.CC12CCC3C(CCC4CC(O)CCC43C)C1CCC2CCCC(O)c1cccnc1. The molecule has 0 saturated heterocycles. The van der Waals surface area contributed by atoms with Gasteiger partial charge in [0.2, 0.25) is 0 Å². The van der Waals surface area contributed by atoms with Gasteiger partial charge in [-0.25, -0.2) is 0 Å². The monoisotopic (exact) mass is 455 g/mol. The second kappa shape index (κ2) is 10.4. The molecule has 1 aromatic heterocycles. The Morgan fingerprint density at radius 1 is 1.00 bits per heavy atom. The fourth-order valence-corrected chi connectivity index (χ4v) is 9.12. The van der Waals surface area contributed by atoms with Crippen LogP contribution in [-0.4, -0.2) is 21.3 Å². The van der Waals surface area contributed by atoms with E-state index in [4.69, 9.17) is 0 Å². The van der Waals surface area contributed by atoms with Crippen molar-refractivity contribution in [1.29, 1.82) is 0 Å². The lowest BCUT2D eigenvalue weighted by Gasteiger charge is -2.61. The van der Waals surface area contributed by atoms with Crippen molar-refractivity contribution in [3.05, 3.63) is 30.1 Å². The predicted octanol–water partition coefficient (Wildman–Crippen LogP) is 7.33. The van der Waals surface area contributed by atoms with Crippen molar-refractivity contribution in [3.8, 4) is 0 Å². The zero-order chi connectivity index (χ0) is 23.6. The molecule has 1 aromatic rings. The zero-order valence-electron chi connectivity index (χ0n) is 21.7. The highest BCUT2D eigenvalue weighted by Gasteiger charge is 2.59. The first-order valence-electron chi connectivity index (χ1n) is 14.2. The van der Waals surface area contributed by atoms with Crippen LogP contribution in [0.1, 0.15) is 116 Å². The summed E-state index contributed by atoms with van der Waals surface area (Å²) in [6, 6.07) is 3.91. The molecule has 9 unspecified atom stereocenters. The van der Waals surface area contributed by atoms with E-state index in [1.54, 1.807) is 12.4 Å². The van der Waals surface area contributed by atoms with Gasteiger partial charge in [0.05, 0.1) is 12.2 Å². The molecule has 186 valence electrons. The van der Waals surface area contributed by atoms with Crippen LogP contribution < -0.4 is 0 Å². The minimum Gasteiger partial charge on any atom is -0.393 e. The molecule has 4 fully saturated rings. The van der Waals surface area contributed by atoms with E-state index < -0.39 is 0 Å². The van der Waals surface area contributed by atoms with Gasteiger partial charge in [-0.3, -0.25) is 4.98 Å². The van der Waals surface area contributed by atoms with E-state index in [0.29, 0.717) is 10.8 Å². The molecule has 3 nitrogen and oxygen atoms in total. The average Bonchev–Trinajstić information content (AvgIpc) is 3.17. The number of hydrogen-bond acceptors (Lipinski definition) is 3. The predicted molar refractivity (Wildman–Crippen MR) is 136 cm³/mol. The van der Waals surface area contributed by atoms with Crippen molar-refractivity contribution in [2.75, 3.05) is 0 Å². The molecule has 5 rings (SSSR count). The van der Waals surface area contributed by atoms with Crippen LogP contribution in [-0.2, 0) is 0 Å². The van der Waals surface area contributed by atoms with E-state index in [9.17, 15) is 10.2 Å². The smallest absolute Gasteiger partial charge is 0.0804 e. The van der Waals surface area contributed by atoms with Gasteiger partial charge in [0.1, 0.15) is 0 Å². The van der Waals surface area contributed by atoms with Crippen LogP contribution in [0.4, 0.5) is 0 Å². The maximum absolute atomic E-state index is 10.5. The van der Waals surface area contributed by atoms with Gasteiger partial charge < -0.3 is 10.2 Å². The van der Waals surface area contributed by atoms with E-state index in [0.717, 1.165) is 60.8 Å². The normalized spacial score (nSPS) is 42.8. The molecule has 0 amide bonds. The molecule has 0 radical (unpaired) electrons. The zero-order valence-corrected chi connectivity index (χ0v) is 21.7. The second-order valence-electron chi connectivity index (χ2n) is 12.1. The van der Waals surface area contributed by atoms with E-state index in [2.05, 4.69) is 18.8 Å². The Morgan fingerprint density at radius 3 is 2.52 bits per heavy atom. The van der Waals surface area contributed by atoms with Gasteiger partial charge in [-0.05, 0) is 123 Å². The van der Waals surface area contributed by atoms with E-state index in [-0.39, 0.29) is 12.2 Å². The van der Waals surface area contributed by atoms with Crippen molar-refractivity contribution in [2.24, 2.45) is 40.4 Å². The molecule has 4 aliphatic carbocycles. The van der Waals surface area contributed by atoms with E-state index >= 15 is 0 Å². The first-order valence-corrected chi connectivity index (χ1v) is 14.2. The highest BCUT2D eigenvalue weighted by Crippen LogP contribution is 2.67. The van der Waals surface area contributed by atoms with Gasteiger partial charge in [0.25, 0.3) is 0 Å². The summed E-state index contributed by atoms with van der Waals surface area (Å²) in [5, 5.41) is 20.8. The number of aliphatic hydroxyl groups excluding tert-OH is 2. The standard InChI is InChI=1S/C28H43NO2.C2H6/c1-27-15-13-25-23(10-8-21-17-22(30)12-14-28(21,25)2)24(27)11-9-20(27)6-3-7-26(31)19-5-4-16-29-18-19;1-2/h4-5,16,18,20-26,30-31H,3,6-15,17H2,1-2H3;1-2H3. The molecule has 4 aliphatic rings. The van der Waals surface area contributed by atoms with Gasteiger partial charge in [-0.1, -0.05) is 40.2 Å². The van der Waals surface area contributed by atoms with Gasteiger partial charge in [-0.2, -0.15) is 0 Å². The molecule has 4 saturated carbocycles. The Labute approximate surface area is 202 Å². The van der Waals surface area contributed by atoms with Crippen molar-refractivity contribution < 1.29 is 10.2 Å². The molecule has 0 spiro atoms. The lowest BCUT2D eigenvalue weighted by Crippen LogP contribution is -2.53. The summed E-state index contributed by atoms with van der Waals surface area (Å²) >= 11 is 0. The fraction of sp³-hybridized carbons (Fsp3) is 0.833. The third-order valence-electron chi connectivity index (χ3n) is 10.9. The quantitative estimate of drug-likeness (QED) is 0.488. The Balaban J connectivity index is 0.00000126. The summed E-state index contributed by atoms with van der Waals surface area (Å²) in [7, 11) is 0. The molecular weight excluding hydrogens is 406 g/mol. The second-order valence-corrected chi connectivity index (χ2v) is 12.1. The van der Waals surface area contributed by atoms with Crippen LogP contribution in [0.3, 0.4) is 0 Å². The minimum atomic E-state index is -0.369. The Kier molecular flexibility index (Phi) is 7.90. The number of nitrogens with zero attached hydrogens (tertiary/aromatic N) is 1. The first-order chi connectivity index (χ1) is 15.9. The van der Waals surface area contributed by atoms with Gasteiger partial charge >= 0.3 is 0 Å². The number of aromatic nitrogens is 1. The lowest BCUT2D eigenvalue weighted by atomic mass is 9.44. The van der Waals surface area contributed by atoms with Crippen molar-refractivity contribution in [1.82, 2.24) is 4.98 Å². The Hall–Kier alpha value is -0.930. The number of aliphatic hydroxyl groups is 2. The van der Waals surface area contributed by atoms with Gasteiger partial charge in [0.15, 0.2) is 0 Å². The van der Waals surface area contributed by atoms with Gasteiger partial charge in [0, 0.05) is 12.4 Å². The minimum absolute atomic E-state index is 0.0404. The van der Waals surface area contributed by atoms with Crippen LogP contribution in [0.2, 0.25) is 0 Å². The molecule has 0 bridgehead atoms. The van der Waals surface area contributed by atoms with Crippen LogP contribution in [0.15, 0.2) is 24.5 Å². The molecule has 0 aromatic carbocycles. The number of rotatable bonds is 5. The van der Waals surface area contributed by atoms with Crippen molar-refractivity contribution >= 4 is 0 Å². The summed E-state index contributed by atoms with van der Waals surface area (Å²) in [5.74, 6) is 4.31. The molecule has 3 heteroatoms. The third-order valence-corrected chi connectivity index (χ3v) is 10.9. The molecule has 33 heavy (non-hydrogen) atoms. The molecule has 2 N–H and O–H groups in total. The number of hydrogen-bond donors (Lipinski definition) is 2. The van der Waals surface area contributed by atoms with Crippen molar-refractivity contribution in [2.45, 2.75) is 117 Å². The van der Waals surface area contributed by atoms with E-state index in [1.807, 2.05) is 26.0 Å². The molecule has 1 heterocycles. The Bertz CT molecular complexity index is 753. The van der Waals surface area contributed by atoms with Crippen LogP contribution >= 0.6 is 0 Å². The maximum atomic E-state index is 10.5.